The van der Waals surface area contributed by atoms with Crippen LogP contribution in [-0.4, -0.2) is 14.5 Å². The first-order chi connectivity index (χ1) is 26.8. The molecule has 0 bridgehead atoms. The van der Waals surface area contributed by atoms with E-state index in [1.54, 1.807) is 0 Å². The number of para-hydroxylation sites is 1. The second kappa shape index (κ2) is 11.1. The molecule has 0 saturated heterocycles. The number of aromatic nitrogens is 3. The summed E-state index contributed by atoms with van der Waals surface area (Å²) in [7, 11) is 0. The van der Waals surface area contributed by atoms with Crippen LogP contribution in [0.1, 0.15) is 0 Å². The third kappa shape index (κ3) is 4.19. The predicted octanol–water partition coefficient (Wildman–Crippen LogP) is 13.4. The molecule has 12 aromatic rings. The maximum atomic E-state index is 6.54. The molecule has 54 heavy (non-hydrogen) atoms. The van der Waals surface area contributed by atoms with Crippen LogP contribution < -0.4 is 0 Å². The smallest absolute Gasteiger partial charge is 0.235 e. The van der Waals surface area contributed by atoms with Crippen LogP contribution in [0.15, 0.2) is 180 Å². The van der Waals surface area contributed by atoms with Gasteiger partial charge in [-0.1, -0.05) is 133 Å². The van der Waals surface area contributed by atoms with Crippen molar-refractivity contribution in [2.24, 2.45) is 0 Å². The Morgan fingerprint density at radius 3 is 1.91 bits per heavy atom. The molecule has 0 spiro atoms. The summed E-state index contributed by atoms with van der Waals surface area (Å²) < 4.78 is 8.82. The molecule has 0 aliphatic rings. The fourth-order valence-corrected chi connectivity index (χ4v) is 8.70. The van der Waals surface area contributed by atoms with Gasteiger partial charge in [0.1, 0.15) is 11.2 Å². The second-order valence-corrected chi connectivity index (χ2v) is 14.1. The Balaban J connectivity index is 1.18. The highest BCUT2D eigenvalue weighted by molar-refractivity contribution is 6.30. The molecule has 0 amide bonds. The van der Waals surface area contributed by atoms with Gasteiger partial charge in [-0.25, -0.2) is 9.97 Å². The van der Waals surface area contributed by atoms with Crippen molar-refractivity contribution in [2.75, 3.05) is 0 Å². The predicted molar refractivity (Wildman–Crippen MR) is 225 cm³/mol. The summed E-state index contributed by atoms with van der Waals surface area (Å²) in [6.45, 7) is 0. The van der Waals surface area contributed by atoms with E-state index < -0.39 is 0 Å². The Bertz CT molecular complexity index is 3500. The molecule has 9 aromatic carbocycles. The number of rotatable bonds is 3. The van der Waals surface area contributed by atoms with Crippen LogP contribution in [0.5, 0.6) is 0 Å². The molecule has 0 fully saturated rings. The molecule has 0 aliphatic heterocycles. The first-order valence-corrected chi connectivity index (χ1v) is 18.3. The van der Waals surface area contributed by atoms with Gasteiger partial charge in [0, 0.05) is 32.5 Å². The zero-order valence-electron chi connectivity index (χ0n) is 29.0. The topological polar surface area (TPSA) is 43.9 Å². The van der Waals surface area contributed by atoms with Crippen molar-refractivity contribution in [3.05, 3.63) is 176 Å². The van der Waals surface area contributed by atoms with Crippen molar-refractivity contribution < 1.29 is 4.42 Å². The van der Waals surface area contributed by atoms with Crippen molar-refractivity contribution in [2.45, 2.75) is 0 Å². The maximum Gasteiger partial charge on any atom is 0.235 e. The van der Waals surface area contributed by atoms with Crippen LogP contribution in [0.4, 0.5) is 0 Å². The summed E-state index contributed by atoms with van der Waals surface area (Å²) in [4.78, 5) is 10.8. The highest BCUT2D eigenvalue weighted by atomic mass is 16.3. The van der Waals surface area contributed by atoms with E-state index in [1.165, 1.54) is 48.8 Å². The molecule has 4 nitrogen and oxygen atoms in total. The van der Waals surface area contributed by atoms with Crippen LogP contribution in [0.2, 0.25) is 0 Å². The van der Waals surface area contributed by atoms with Gasteiger partial charge < -0.3 is 4.42 Å². The highest BCUT2D eigenvalue weighted by Crippen LogP contribution is 2.44. The largest absolute Gasteiger partial charge is 0.456 e. The van der Waals surface area contributed by atoms with Gasteiger partial charge >= 0.3 is 0 Å². The van der Waals surface area contributed by atoms with Crippen LogP contribution in [0, 0.1) is 0 Å². The maximum absolute atomic E-state index is 6.54. The summed E-state index contributed by atoms with van der Waals surface area (Å²) in [5.74, 6) is 0.629. The van der Waals surface area contributed by atoms with Crippen LogP contribution in [0.3, 0.4) is 0 Å². The van der Waals surface area contributed by atoms with Gasteiger partial charge in [-0.15, -0.1) is 0 Å². The van der Waals surface area contributed by atoms with Crippen LogP contribution in [0.25, 0.3) is 115 Å². The van der Waals surface area contributed by atoms with Crippen molar-refractivity contribution in [3.8, 4) is 28.3 Å². The molecule has 0 unspecified atom stereocenters. The minimum Gasteiger partial charge on any atom is -0.456 e. The molecule has 4 heteroatoms. The number of benzene rings is 9. The lowest BCUT2D eigenvalue weighted by Crippen LogP contribution is -2.03. The van der Waals surface area contributed by atoms with Crippen LogP contribution in [-0.2, 0) is 0 Å². The Morgan fingerprint density at radius 2 is 1.06 bits per heavy atom. The average molecular weight is 688 g/mol. The SMILES string of the molecule is c1ccc(-c2cc3c(c4ccccc24)c2c4ccccc4ccc2n3-c2nc(-c3ccc4c(c3)oc3cc5ccccc5cc34)c3ccccc3n2)cc1. The number of hydrogen-bond donors (Lipinski definition) is 0. The lowest BCUT2D eigenvalue weighted by molar-refractivity contribution is 0.669. The standard InChI is InChI=1S/C50H29N3O/c1-2-12-30(13-3-1)40-29-44-48(38-19-9-8-18-36(38)40)47-35-17-7-6-14-31(35)23-25-43(47)53(44)50-51-42-21-11-10-20-39(42)49(52-50)34-22-24-37-41-26-32-15-4-5-16-33(32)27-46(41)54-45(37)28-34/h1-29H. The van der Waals surface area contributed by atoms with E-state index in [2.05, 4.69) is 180 Å². The molecule has 0 aliphatic carbocycles. The first kappa shape index (κ1) is 29.3. The minimum atomic E-state index is 0.629. The molecular formula is C50H29N3O. The van der Waals surface area contributed by atoms with Gasteiger partial charge in [0.2, 0.25) is 5.95 Å². The first-order valence-electron chi connectivity index (χ1n) is 18.3. The molecular weight excluding hydrogens is 659 g/mol. The van der Waals surface area contributed by atoms with E-state index in [0.717, 1.165) is 60.5 Å². The van der Waals surface area contributed by atoms with Crippen molar-refractivity contribution in [1.82, 2.24) is 14.5 Å². The zero-order chi connectivity index (χ0) is 35.3. The summed E-state index contributed by atoms with van der Waals surface area (Å²) in [6.07, 6.45) is 0. The quantitative estimate of drug-likeness (QED) is 0.186. The Hall–Kier alpha value is -7.30. The van der Waals surface area contributed by atoms with Crippen molar-refractivity contribution in [3.63, 3.8) is 0 Å². The Morgan fingerprint density at radius 1 is 0.389 bits per heavy atom. The summed E-state index contributed by atoms with van der Waals surface area (Å²) >= 11 is 0. The molecule has 0 N–H and O–H groups in total. The highest BCUT2D eigenvalue weighted by Gasteiger charge is 2.22. The van der Waals surface area contributed by atoms with E-state index in [0.29, 0.717) is 5.95 Å². The lowest BCUT2D eigenvalue weighted by Gasteiger charge is -2.13. The Kier molecular flexibility index (Phi) is 6.02. The van der Waals surface area contributed by atoms with E-state index in [4.69, 9.17) is 14.4 Å². The van der Waals surface area contributed by atoms with Gasteiger partial charge in [-0.3, -0.25) is 4.57 Å². The molecule has 12 rings (SSSR count). The van der Waals surface area contributed by atoms with Crippen LogP contribution >= 0.6 is 0 Å². The lowest BCUT2D eigenvalue weighted by atomic mass is 9.94. The summed E-state index contributed by atoms with van der Waals surface area (Å²) in [6, 6.07) is 62.5. The molecule has 0 atom stereocenters. The molecule has 3 aromatic heterocycles. The van der Waals surface area contributed by atoms with E-state index >= 15 is 0 Å². The third-order valence-electron chi connectivity index (χ3n) is 11.2. The molecule has 250 valence electrons. The fraction of sp³-hybridized carbons (Fsp3) is 0. The zero-order valence-corrected chi connectivity index (χ0v) is 29.0. The summed E-state index contributed by atoms with van der Waals surface area (Å²) in [5.41, 5.74) is 8.93. The van der Waals surface area contributed by atoms with E-state index in [9.17, 15) is 0 Å². The average Bonchev–Trinajstić information content (AvgIpc) is 3.77. The second-order valence-electron chi connectivity index (χ2n) is 14.1. The van der Waals surface area contributed by atoms with E-state index in [1.807, 2.05) is 0 Å². The monoisotopic (exact) mass is 687 g/mol. The molecule has 3 heterocycles. The minimum absolute atomic E-state index is 0.629. The molecule has 0 saturated carbocycles. The third-order valence-corrected chi connectivity index (χ3v) is 11.2. The van der Waals surface area contributed by atoms with Gasteiger partial charge in [0.15, 0.2) is 0 Å². The number of fused-ring (bicyclic) bond motifs is 12. The molecule has 0 radical (unpaired) electrons. The van der Waals surface area contributed by atoms with Gasteiger partial charge in [0.05, 0.1) is 22.2 Å². The van der Waals surface area contributed by atoms with E-state index in [-0.39, 0.29) is 0 Å². The van der Waals surface area contributed by atoms with Gasteiger partial charge in [-0.05, 0) is 85.9 Å². The van der Waals surface area contributed by atoms with Crippen molar-refractivity contribution >= 4 is 87.0 Å². The number of nitrogens with zero attached hydrogens (tertiary/aromatic N) is 3. The van der Waals surface area contributed by atoms with Gasteiger partial charge in [0.25, 0.3) is 0 Å². The number of hydrogen-bond acceptors (Lipinski definition) is 3. The fourth-order valence-electron chi connectivity index (χ4n) is 8.70. The normalized spacial score (nSPS) is 12.1. The van der Waals surface area contributed by atoms with Gasteiger partial charge in [-0.2, -0.15) is 0 Å². The summed E-state index contributed by atoms with van der Waals surface area (Å²) in [5, 5.41) is 12.8. The Labute approximate surface area is 309 Å². The van der Waals surface area contributed by atoms with Crippen molar-refractivity contribution in [1.29, 1.82) is 0 Å². The number of furan rings is 1.